The fraction of sp³-hybridized carbons (Fsp3) is 0.300. The number of hydrogen-bond acceptors (Lipinski definition) is 5. The number of carbonyl (C=O) groups excluding carboxylic acids is 1. The van der Waals surface area contributed by atoms with Crippen molar-refractivity contribution in [2.24, 2.45) is 0 Å². The minimum Gasteiger partial charge on any atom is -0.329 e. The standard InChI is InChI=1S/C20H20FN3O3S2/c1-23(2)29(26,27)18-12-13(9-10-14(18)21)20(25)24-11-5-7-16(24)19-22-15-6-3-4-8-17(15)28-19/h3-4,6,8-10,12,16H,5,7,11H2,1-2H3. The first-order valence-corrected chi connectivity index (χ1v) is 11.4. The fourth-order valence-corrected chi connectivity index (χ4v) is 5.59. The van der Waals surface area contributed by atoms with E-state index in [2.05, 4.69) is 4.98 Å². The van der Waals surface area contributed by atoms with Crippen molar-refractivity contribution in [1.82, 2.24) is 14.2 Å². The third-order valence-electron chi connectivity index (χ3n) is 5.05. The van der Waals surface area contributed by atoms with Crippen LogP contribution in [0.5, 0.6) is 0 Å². The minimum absolute atomic E-state index is 0.153. The van der Waals surface area contributed by atoms with Crippen molar-refractivity contribution >= 4 is 37.5 Å². The van der Waals surface area contributed by atoms with Gasteiger partial charge in [-0.05, 0) is 43.2 Å². The van der Waals surface area contributed by atoms with Gasteiger partial charge >= 0.3 is 0 Å². The van der Waals surface area contributed by atoms with Gasteiger partial charge in [-0.2, -0.15) is 0 Å². The lowest BCUT2D eigenvalue weighted by molar-refractivity contribution is 0.0735. The average Bonchev–Trinajstić information content (AvgIpc) is 3.34. The minimum atomic E-state index is -3.99. The maximum Gasteiger partial charge on any atom is 0.254 e. The summed E-state index contributed by atoms with van der Waals surface area (Å²) in [5.74, 6) is -1.19. The average molecular weight is 434 g/mol. The summed E-state index contributed by atoms with van der Waals surface area (Å²) in [4.78, 5) is 19.1. The molecule has 1 aliphatic heterocycles. The molecule has 0 aliphatic carbocycles. The number of aromatic nitrogens is 1. The molecular weight excluding hydrogens is 413 g/mol. The van der Waals surface area contributed by atoms with Crippen LogP contribution in [0.2, 0.25) is 0 Å². The number of para-hydroxylation sites is 1. The number of sulfonamides is 1. The number of thiazole rings is 1. The van der Waals surface area contributed by atoms with E-state index in [0.717, 1.165) is 44.5 Å². The summed E-state index contributed by atoms with van der Waals surface area (Å²) < 4.78 is 40.9. The Morgan fingerprint density at radius 1 is 1.24 bits per heavy atom. The summed E-state index contributed by atoms with van der Waals surface area (Å²) in [6, 6.07) is 11.1. The molecule has 152 valence electrons. The van der Waals surface area contributed by atoms with Gasteiger partial charge in [0.2, 0.25) is 10.0 Å². The van der Waals surface area contributed by atoms with E-state index in [1.54, 1.807) is 16.2 Å². The van der Waals surface area contributed by atoms with E-state index >= 15 is 0 Å². The summed E-state index contributed by atoms with van der Waals surface area (Å²) in [6.45, 7) is 0.548. The molecule has 1 amide bonds. The van der Waals surface area contributed by atoms with Crippen LogP contribution in [-0.4, -0.2) is 49.2 Å². The van der Waals surface area contributed by atoms with Gasteiger partial charge in [0.1, 0.15) is 15.7 Å². The molecule has 1 aromatic heterocycles. The molecule has 6 nitrogen and oxygen atoms in total. The third kappa shape index (κ3) is 3.54. The molecule has 3 aromatic rings. The molecule has 4 rings (SSSR count). The monoisotopic (exact) mass is 433 g/mol. The number of fused-ring (bicyclic) bond motifs is 1. The lowest BCUT2D eigenvalue weighted by Crippen LogP contribution is -2.31. The van der Waals surface area contributed by atoms with E-state index in [1.807, 2.05) is 24.3 Å². The van der Waals surface area contributed by atoms with Gasteiger partial charge < -0.3 is 4.90 Å². The third-order valence-corrected chi connectivity index (χ3v) is 8.01. The highest BCUT2D eigenvalue weighted by atomic mass is 32.2. The lowest BCUT2D eigenvalue weighted by Gasteiger charge is -2.23. The van der Waals surface area contributed by atoms with Gasteiger partial charge in [-0.3, -0.25) is 4.79 Å². The van der Waals surface area contributed by atoms with Gasteiger partial charge in [0.25, 0.3) is 5.91 Å². The highest BCUT2D eigenvalue weighted by Crippen LogP contribution is 2.37. The van der Waals surface area contributed by atoms with Crippen LogP contribution in [0.3, 0.4) is 0 Å². The van der Waals surface area contributed by atoms with Crippen molar-refractivity contribution in [3.63, 3.8) is 0 Å². The number of rotatable bonds is 4. The predicted octanol–water partition coefficient (Wildman–Crippen LogP) is 3.66. The number of halogens is 1. The van der Waals surface area contributed by atoms with Crippen LogP contribution in [0, 0.1) is 5.82 Å². The van der Waals surface area contributed by atoms with Crippen molar-refractivity contribution in [3.8, 4) is 0 Å². The predicted molar refractivity (Wildman–Crippen MR) is 110 cm³/mol. The van der Waals surface area contributed by atoms with Crippen molar-refractivity contribution in [2.75, 3.05) is 20.6 Å². The zero-order valence-corrected chi connectivity index (χ0v) is 17.6. The molecule has 9 heteroatoms. The summed E-state index contributed by atoms with van der Waals surface area (Å²) in [7, 11) is -1.34. The van der Waals surface area contributed by atoms with Crippen LogP contribution in [0.1, 0.15) is 34.2 Å². The number of carbonyl (C=O) groups is 1. The van der Waals surface area contributed by atoms with Crippen LogP contribution < -0.4 is 0 Å². The van der Waals surface area contributed by atoms with E-state index in [9.17, 15) is 17.6 Å². The van der Waals surface area contributed by atoms with E-state index in [4.69, 9.17) is 0 Å². The van der Waals surface area contributed by atoms with Crippen LogP contribution in [0.25, 0.3) is 10.2 Å². The Bertz CT molecular complexity index is 1160. The Morgan fingerprint density at radius 3 is 2.72 bits per heavy atom. The van der Waals surface area contributed by atoms with Crippen LogP contribution in [0.4, 0.5) is 4.39 Å². The SMILES string of the molecule is CN(C)S(=O)(=O)c1cc(C(=O)N2CCCC2c2nc3ccccc3s2)ccc1F. The summed E-state index contributed by atoms with van der Waals surface area (Å²) in [6.07, 6.45) is 1.62. The molecule has 2 heterocycles. The molecule has 1 aliphatic rings. The largest absolute Gasteiger partial charge is 0.329 e. The second-order valence-electron chi connectivity index (χ2n) is 7.11. The Hall–Kier alpha value is -2.36. The molecule has 1 atom stereocenters. The highest BCUT2D eigenvalue weighted by molar-refractivity contribution is 7.89. The van der Waals surface area contributed by atoms with Crippen molar-refractivity contribution in [2.45, 2.75) is 23.8 Å². The first kappa shape index (κ1) is 19.9. The highest BCUT2D eigenvalue weighted by Gasteiger charge is 2.33. The topological polar surface area (TPSA) is 70.6 Å². The van der Waals surface area contributed by atoms with E-state index in [0.29, 0.717) is 6.54 Å². The number of likely N-dealkylation sites (tertiary alicyclic amines) is 1. The van der Waals surface area contributed by atoms with Gasteiger partial charge in [0.05, 0.1) is 16.3 Å². The zero-order valence-electron chi connectivity index (χ0n) is 16.0. The smallest absolute Gasteiger partial charge is 0.254 e. The first-order chi connectivity index (χ1) is 13.8. The van der Waals surface area contributed by atoms with E-state index in [1.165, 1.54) is 20.2 Å². The quantitative estimate of drug-likeness (QED) is 0.630. The summed E-state index contributed by atoms with van der Waals surface area (Å²) in [5, 5.41) is 0.861. The molecule has 0 N–H and O–H groups in total. The van der Waals surface area contributed by atoms with Gasteiger partial charge in [-0.1, -0.05) is 12.1 Å². The molecule has 0 saturated carbocycles. The van der Waals surface area contributed by atoms with E-state index in [-0.39, 0.29) is 17.5 Å². The molecule has 2 aromatic carbocycles. The van der Waals surface area contributed by atoms with Gasteiger partial charge in [-0.25, -0.2) is 22.1 Å². The molecular formula is C20H20FN3O3S2. The Morgan fingerprint density at radius 2 is 2.00 bits per heavy atom. The van der Waals surface area contributed by atoms with Crippen LogP contribution in [-0.2, 0) is 10.0 Å². The Balaban J connectivity index is 1.68. The zero-order chi connectivity index (χ0) is 20.8. The maximum absolute atomic E-state index is 14.2. The molecule has 0 radical (unpaired) electrons. The lowest BCUT2D eigenvalue weighted by atomic mass is 10.1. The van der Waals surface area contributed by atoms with Crippen LogP contribution >= 0.6 is 11.3 Å². The number of amides is 1. The number of nitrogens with zero attached hydrogens (tertiary/aromatic N) is 3. The van der Waals surface area contributed by atoms with Crippen LogP contribution in [0.15, 0.2) is 47.4 Å². The Kier molecular flexibility index (Phi) is 5.14. The molecule has 0 spiro atoms. The number of hydrogen-bond donors (Lipinski definition) is 0. The van der Waals surface area contributed by atoms with Crippen molar-refractivity contribution in [1.29, 1.82) is 0 Å². The van der Waals surface area contributed by atoms with Gasteiger partial charge in [0.15, 0.2) is 0 Å². The molecule has 1 fully saturated rings. The second kappa shape index (κ2) is 7.47. The number of benzene rings is 2. The van der Waals surface area contributed by atoms with Crippen molar-refractivity contribution < 1.29 is 17.6 Å². The first-order valence-electron chi connectivity index (χ1n) is 9.17. The fourth-order valence-electron chi connectivity index (χ4n) is 3.50. The van der Waals surface area contributed by atoms with E-state index < -0.39 is 20.7 Å². The Labute approximate surface area is 172 Å². The molecule has 1 unspecified atom stereocenters. The van der Waals surface area contributed by atoms with Gasteiger partial charge in [-0.15, -0.1) is 11.3 Å². The normalized spacial score (nSPS) is 17.4. The maximum atomic E-state index is 14.2. The molecule has 29 heavy (non-hydrogen) atoms. The molecule has 0 bridgehead atoms. The molecule has 1 saturated heterocycles. The summed E-state index contributed by atoms with van der Waals surface area (Å²) in [5.41, 5.74) is 1.05. The summed E-state index contributed by atoms with van der Waals surface area (Å²) >= 11 is 1.56. The van der Waals surface area contributed by atoms with Gasteiger partial charge in [0, 0.05) is 26.2 Å². The second-order valence-corrected chi connectivity index (χ2v) is 10.3. The van der Waals surface area contributed by atoms with Crippen molar-refractivity contribution in [3.05, 3.63) is 58.9 Å².